The molecule has 16 nitrogen and oxygen atoms in total. The van der Waals surface area contributed by atoms with Crippen LogP contribution in [0.1, 0.15) is 40.2 Å². The summed E-state index contributed by atoms with van der Waals surface area (Å²) in [4.78, 5) is 55.3. The summed E-state index contributed by atoms with van der Waals surface area (Å²) in [6.07, 6.45) is 10.3. The molecule has 1 aliphatic carbocycles. The molecule has 8 rings (SSSR count). The molecule has 3 aromatic rings. The Morgan fingerprint density at radius 1 is 0.931 bits per heavy atom. The van der Waals surface area contributed by atoms with Crippen LogP contribution in [0.4, 0.5) is 11.5 Å². The van der Waals surface area contributed by atoms with E-state index in [2.05, 4.69) is 35.3 Å². The monoisotopic (exact) mass is 808 g/mol. The number of aliphatic hydroxyl groups excluding tert-OH is 1. The maximum Gasteiger partial charge on any atom is 0.305 e. The van der Waals surface area contributed by atoms with Gasteiger partial charge >= 0.3 is 5.97 Å². The first-order valence-electron chi connectivity index (χ1n) is 18.1. The van der Waals surface area contributed by atoms with Crippen LogP contribution in [-0.2, 0) is 16.1 Å². The van der Waals surface area contributed by atoms with E-state index in [4.69, 9.17) is 14.2 Å². The van der Waals surface area contributed by atoms with Gasteiger partial charge in [-0.3, -0.25) is 29.3 Å². The van der Waals surface area contributed by atoms with E-state index in [1.165, 1.54) is 26.5 Å². The van der Waals surface area contributed by atoms with Gasteiger partial charge < -0.3 is 44.2 Å². The fraction of sp³-hybridized carbons (Fsp3) is 0.244. The summed E-state index contributed by atoms with van der Waals surface area (Å²) in [6.45, 7) is 3.09. The minimum Gasteiger partial charge on any atom is -0.507 e. The highest BCUT2D eigenvalue weighted by atomic mass is 35.5. The third-order valence-electron chi connectivity index (χ3n) is 9.35. The molecule has 5 aliphatic rings. The van der Waals surface area contributed by atoms with Crippen LogP contribution >= 0.6 is 12.4 Å². The summed E-state index contributed by atoms with van der Waals surface area (Å²) in [5, 5.41) is 17.1. The lowest BCUT2D eigenvalue weighted by Crippen LogP contribution is -2.36. The van der Waals surface area contributed by atoms with Crippen LogP contribution in [0.25, 0.3) is 23.1 Å². The Balaban J connectivity index is 0.000000198. The lowest BCUT2D eigenvalue weighted by atomic mass is 10.1. The highest BCUT2D eigenvalue weighted by molar-refractivity contribution is 6.11. The van der Waals surface area contributed by atoms with Gasteiger partial charge in [0, 0.05) is 85.2 Å². The molecule has 0 spiro atoms. The number of aliphatic imine (C=N–C) groups is 1. The second-order valence-electron chi connectivity index (χ2n) is 12.8. The fourth-order valence-corrected chi connectivity index (χ4v) is 6.65. The van der Waals surface area contributed by atoms with Crippen molar-refractivity contribution in [2.75, 3.05) is 58.2 Å². The molecule has 0 bridgehead atoms. The van der Waals surface area contributed by atoms with Gasteiger partial charge in [0.05, 0.1) is 40.2 Å². The fourth-order valence-electron chi connectivity index (χ4n) is 6.65. The molecule has 0 saturated heterocycles. The van der Waals surface area contributed by atoms with Gasteiger partial charge in [-0.15, -0.1) is 12.4 Å². The molecule has 17 heteroatoms. The summed E-state index contributed by atoms with van der Waals surface area (Å²) in [6, 6.07) is 13.9. The molecule has 300 valence electrons. The van der Waals surface area contributed by atoms with Crippen LogP contribution < -0.4 is 30.3 Å². The highest BCUT2D eigenvalue weighted by Crippen LogP contribution is 2.43. The zero-order chi connectivity index (χ0) is 39.9. The van der Waals surface area contributed by atoms with Gasteiger partial charge in [0.2, 0.25) is 5.43 Å². The van der Waals surface area contributed by atoms with Crippen LogP contribution in [0.15, 0.2) is 95.0 Å². The number of rotatable bonds is 11. The van der Waals surface area contributed by atoms with E-state index in [9.17, 15) is 19.5 Å². The van der Waals surface area contributed by atoms with Crippen molar-refractivity contribution >= 4 is 53.3 Å². The van der Waals surface area contributed by atoms with E-state index in [-0.39, 0.29) is 47.5 Å². The van der Waals surface area contributed by atoms with E-state index in [0.717, 1.165) is 29.3 Å². The maximum absolute atomic E-state index is 12.8. The van der Waals surface area contributed by atoms with Crippen molar-refractivity contribution in [3.63, 3.8) is 0 Å². The van der Waals surface area contributed by atoms with Crippen LogP contribution in [0.3, 0.4) is 0 Å². The lowest BCUT2D eigenvalue weighted by molar-refractivity contribution is -0.140. The number of aliphatic hydroxyl groups is 1. The number of carbonyl (C=O) groups is 2. The third kappa shape index (κ3) is 8.41. The van der Waals surface area contributed by atoms with Crippen molar-refractivity contribution in [1.29, 1.82) is 0 Å². The number of hydrogen-bond acceptors (Lipinski definition) is 15. The lowest BCUT2D eigenvalue weighted by Gasteiger charge is -2.32. The molecule has 0 saturated carbocycles. The van der Waals surface area contributed by atoms with Crippen molar-refractivity contribution in [3.05, 3.63) is 118 Å². The Hall–Kier alpha value is -6.94. The number of pyridine rings is 2. The van der Waals surface area contributed by atoms with Crippen molar-refractivity contribution in [3.8, 4) is 28.5 Å². The number of anilines is 2. The predicted molar refractivity (Wildman–Crippen MR) is 220 cm³/mol. The van der Waals surface area contributed by atoms with Gasteiger partial charge in [-0.2, -0.15) is 0 Å². The molecule has 2 aromatic heterocycles. The Labute approximate surface area is 339 Å². The first-order valence-corrected chi connectivity index (χ1v) is 18.1. The number of halogens is 1. The number of ketones is 1. The molecular weight excluding hydrogens is 768 g/mol. The van der Waals surface area contributed by atoms with Crippen LogP contribution in [0.2, 0.25) is 0 Å². The molecule has 0 amide bonds. The second-order valence-corrected chi connectivity index (χ2v) is 12.8. The molecule has 4 aliphatic heterocycles. The Morgan fingerprint density at radius 2 is 1.67 bits per heavy atom. The zero-order valence-electron chi connectivity index (χ0n) is 31.9. The van der Waals surface area contributed by atoms with Gasteiger partial charge in [-0.25, -0.2) is 4.98 Å². The zero-order valence-corrected chi connectivity index (χ0v) is 32.7. The SMILES string of the molecule is COC(=O)CCCOc1ccc2c(c1OC)NC(=CC(=O)c1cccnc1)N1CCN=C21.COc1c2nc(/C=C(\O)c3cccnc3)n3c(c-2ccc1=O)NCC3.Cl. The third-order valence-corrected chi connectivity index (χ3v) is 9.35. The number of nitrogens with one attached hydrogen (secondary N) is 2. The van der Waals surface area contributed by atoms with Crippen molar-refractivity contribution in [1.82, 2.24) is 24.4 Å². The minimum absolute atomic E-state index is 0. The minimum atomic E-state index is -0.278. The van der Waals surface area contributed by atoms with Crippen LogP contribution in [-0.4, -0.2) is 94.7 Å². The molecule has 1 aromatic carbocycles. The molecule has 0 atom stereocenters. The molecule has 3 N–H and O–H groups in total. The quantitative estimate of drug-likeness (QED) is 0.0513. The Bertz CT molecular complexity index is 2420. The summed E-state index contributed by atoms with van der Waals surface area (Å²) >= 11 is 0. The number of carbonyl (C=O) groups excluding carboxylic acids is 2. The average Bonchev–Trinajstić information content (AvgIpc) is 3.95. The first kappa shape index (κ1) is 40.7. The average molecular weight is 809 g/mol. The molecule has 0 unspecified atom stereocenters. The molecular formula is C41H41ClN8O8. The van der Waals surface area contributed by atoms with Crippen LogP contribution in [0.5, 0.6) is 17.2 Å². The number of esters is 1. The number of amidine groups is 1. The molecule has 0 radical (unpaired) electrons. The number of ether oxygens (including phenoxy) is 4. The largest absolute Gasteiger partial charge is 0.507 e. The number of benzene rings is 2. The van der Waals surface area contributed by atoms with Crippen LogP contribution in [0, 0.1) is 0 Å². The first-order chi connectivity index (χ1) is 27.8. The standard InChI is InChI=1S/C23H24N4O5.C18H16N4O3.ClH/c1-30-20(29)6-4-12-32-18-8-7-16-21(22(18)31-2)26-19(27-11-10-25-23(16)27)13-17(28)15-5-3-9-24-14-15;1-25-17-13(23)5-4-12-16(17)21-15(22-8-7-20-18(12)22)9-14(24)11-3-2-6-19-10-11;/h3,5,7-9,13-14,26H,4,6,10-12H2,1-2H3;2-6,9-10,20,24H,7-8H2,1H3;1H/b;14-9-;. The summed E-state index contributed by atoms with van der Waals surface area (Å²) < 4.78 is 23.4. The van der Waals surface area contributed by atoms with E-state index in [1.807, 2.05) is 21.6 Å². The van der Waals surface area contributed by atoms with Crippen molar-refractivity contribution in [2.45, 2.75) is 19.4 Å². The Morgan fingerprint density at radius 3 is 2.38 bits per heavy atom. The summed E-state index contributed by atoms with van der Waals surface area (Å²) in [5.41, 5.74) is 3.70. The van der Waals surface area contributed by atoms with E-state index in [1.54, 1.807) is 68.2 Å². The number of allylic oxidation sites excluding steroid dienone is 1. The molecule has 6 heterocycles. The van der Waals surface area contributed by atoms with Gasteiger partial charge in [-0.1, -0.05) is 0 Å². The summed E-state index contributed by atoms with van der Waals surface area (Å²) in [5.74, 6) is 3.64. The topological polar surface area (TPSA) is 192 Å². The van der Waals surface area contributed by atoms with E-state index >= 15 is 0 Å². The molecule has 58 heavy (non-hydrogen) atoms. The van der Waals surface area contributed by atoms with Gasteiger partial charge in [-0.05, 0) is 55.0 Å². The number of aromatic nitrogens is 4. The smallest absolute Gasteiger partial charge is 0.305 e. The Kier molecular flexibility index (Phi) is 12.9. The van der Waals surface area contributed by atoms with Gasteiger partial charge in [0.25, 0.3) is 0 Å². The van der Waals surface area contributed by atoms with Crippen molar-refractivity contribution in [2.24, 2.45) is 4.99 Å². The predicted octanol–water partition coefficient (Wildman–Crippen LogP) is 5.29. The highest BCUT2D eigenvalue weighted by Gasteiger charge is 2.33. The second kappa shape index (κ2) is 18.3. The van der Waals surface area contributed by atoms with Gasteiger partial charge in [0.15, 0.2) is 23.0 Å². The van der Waals surface area contributed by atoms with E-state index in [0.29, 0.717) is 78.3 Å². The van der Waals surface area contributed by atoms with Gasteiger partial charge in [0.1, 0.15) is 34.8 Å². The van der Waals surface area contributed by atoms with Crippen molar-refractivity contribution < 1.29 is 33.6 Å². The number of hydrogen-bond donors (Lipinski definition) is 3. The van der Waals surface area contributed by atoms with E-state index < -0.39 is 0 Å². The summed E-state index contributed by atoms with van der Waals surface area (Å²) in [7, 11) is 4.38. The molecule has 0 fully saturated rings. The normalized spacial score (nSPS) is 14.3. The number of nitrogens with zero attached hydrogens (tertiary/aromatic N) is 6. The number of methoxy groups -OCH3 is 3. The maximum atomic E-state index is 12.8. The number of fused-ring (bicyclic) bond motifs is 6.